The topological polar surface area (TPSA) is 104 Å². The van der Waals surface area contributed by atoms with Gasteiger partial charge in [0.15, 0.2) is 10.8 Å². The summed E-state index contributed by atoms with van der Waals surface area (Å²) in [7, 11) is 0. The maximum absolute atomic E-state index is 14.9. The zero-order chi connectivity index (χ0) is 25.2. The van der Waals surface area contributed by atoms with Crippen molar-refractivity contribution in [2.75, 3.05) is 26.2 Å². The van der Waals surface area contributed by atoms with Gasteiger partial charge in [-0.15, -0.1) is 11.3 Å². The predicted octanol–water partition coefficient (Wildman–Crippen LogP) is 3.73. The molecule has 35 heavy (non-hydrogen) atoms. The summed E-state index contributed by atoms with van der Waals surface area (Å²) < 4.78 is 33.9. The number of thiazole rings is 1. The Morgan fingerprint density at radius 3 is 2.80 bits per heavy atom. The van der Waals surface area contributed by atoms with Crippen molar-refractivity contribution in [2.45, 2.75) is 31.5 Å². The second-order valence-electron chi connectivity index (χ2n) is 8.31. The summed E-state index contributed by atoms with van der Waals surface area (Å²) in [5, 5.41) is 14.5. The molecule has 2 aromatic rings. The lowest BCUT2D eigenvalue weighted by molar-refractivity contribution is -0.140. The third-order valence-electron chi connectivity index (χ3n) is 5.70. The Labute approximate surface area is 209 Å². The van der Waals surface area contributed by atoms with Crippen molar-refractivity contribution in [1.29, 1.82) is 0 Å². The van der Waals surface area contributed by atoms with Crippen LogP contribution in [0.5, 0.6) is 0 Å². The molecule has 0 amide bonds. The van der Waals surface area contributed by atoms with Crippen molar-refractivity contribution in [3.63, 3.8) is 0 Å². The van der Waals surface area contributed by atoms with Gasteiger partial charge in [-0.05, 0) is 25.5 Å². The molecule has 2 aliphatic rings. The summed E-state index contributed by atoms with van der Waals surface area (Å²) in [6, 6.07) is 2.95. The molecule has 186 valence electrons. The van der Waals surface area contributed by atoms with Gasteiger partial charge in [-0.3, -0.25) is 14.7 Å². The van der Waals surface area contributed by atoms with E-state index in [1.807, 2.05) is 0 Å². The predicted molar refractivity (Wildman–Crippen MR) is 127 cm³/mol. The molecule has 3 heterocycles. The first kappa shape index (κ1) is 25.2. The molecule has 1 aromatic carbocycles. The number of esters is 1. The molecule has 1 atom stereocenters. The summed E-state index contributed by atoms with van der Waals surface area (Å²) in [6.45, 7) is 2.00. The van der Waals surface area contributed by atoms with Crippen LogP contribution in [0.2, 0.25) is 5.02 Å². The average molecular weight is 525 g/mol. The van der Waals surface area contributed by atoms with Gasteiger partial charge in [0.2, 0.25) is 0 Å². The normalized spacial score (nSPS) is 19.5. The van der Waals surface area contributed by atoms with Gasteiger partial charge >= 0.3 is 11.9 Å². The van der Waals surface area contributed by atoms with Crippen LogP contribution in [0.3, 0.4) is 0 Å². The van der Waals surface area contributed by atoms with Gasteiger partial charge in [0.05, 0.1) is 12.2 Å². The van der Waals surface area contributed by atoms with Gasteiger partial charge in [-0.1, -0.05) is 17.7 Å². The van der Waals surface area contributed by atoms with E-state index in [2.05, 4.69) is 15.3 Å². The molecule has 2 aliphatic heterocycles. The molecule has 0 aliphatic carbocycles. The smallest absolute Gasteiger partial charge is 0.338 e. The minimum absolute atomic E-state index is 0.0211. The van der Waals surface area contributed by atoms with Crippen LogP contribution in [0.15, 0.2) is 46.0 Å². The molecule has 1 unspecified atom stereocenters. The van der Waals surface area contributed by atoms with Crippen molar-refractivity contribution in [3.05, 3.63) is 62.5 Å². The van der Waals surface area contributed by atoms with Crippen LogP contribution in [0, 0.1) is 5.82 Å². The number of aliphatic carboxylic acids is 1. The van der Waals surface area contributed by atoms with E-state index in [0.29, 0.717) is 22.1 Å². The SMILES string of the molecule is CCOC(=O)C1=C(CN2CC(F)(CCC(=O)O)C2)NC(c2nccs2)=NC1c1ccc(F)cc1Cl. The number of nitrogens with one attached hydrogen (secondary N) is 1. The second kappa shape index (κ2) is 10.4. The Bertz CT molecular complexity index is 1180. The lowest BCUT2D eigenvalue weighted by atomic mass is 9.89. The fourth-order valence-corrected chi connectivity index (χ4v) is 5.00. The molecule has 0 bridgehead atoms. The van der Waals surface area contributed by atoms with E-state index in [1.165, 1.54) is 23.5 Å². The number of carboxylic acids is 1. The first-order valence-corrected chi connectivity index (χ1v) is 12.2. The third kappa shape index (κ3) is 5.68. The number of likely N-dealkylation sites (tertiary alicyclic amines) is 1. The molecule has 1 saturated heterocycles. The number of ether oxygens (including phenoxy) is 1. The fraction of sp³-hybridized carbons (Fsp3) is 0.391. The van der Waals surface area contributed by atoms with Gasteiger partial charge in [-0.2, -0.15) is 0 Å². The zero-order valence-electron chi connectivity index (χ0n) is 18.8. The standard InChI is InChI=1S/C23H23ClF2N4O4S/c1-2-34-22(33)18-16(10-30-11-23(26,12-30)6-5-17(31)32)28-20(21-27-7-8-35-21)29-19(18)14-4-3-13(25)9-15(14)24/h3-4,7-9,19H,2,5-6,10-12H2,1H3,(H,28,29)(H,31,32). The monoisotopic (exact) mass is 524 g/mol. The van der Waals surface area contributed by atoms with Crippen LogP contribution < -0.4 is 5.32 Å². The quantitative estimate of drug-likeness (QED) is 0.482. The lowest BCUT2D eigenvalue weighted by Gasteiger charge is -2.45. The number of aromatic nitrogens is 1. The van der Waals surface area contributed by atoms with Crippen LogP contribution in [0.25, 0.3) is 0 Å². The summed E-state index contributed by atoms with van der Waals surface area (Å²) in [5.74, 6) is -1.81. The van der Waals surface area contributed by atoms with E-state index < -0.39 is 29.5 Å². The van der Waals surface area contributed by atoms with Crippen molar-refractivity contribution in [1.82, 2.24) is 15.2 Å². The van der Waals surface area contributed by atoms with Gasteiger partial charge in [0.25, 0.3) is 0 Å². The molecule has 12 heteroatoms. The molecule has 2 N–H and O–H groups in total. The van der Waals surface area contributed by atoms with Crippen molar-refractivity contribution in [3.8, 4) is 0 Å². The minimum atomic E-state index is -1.61. The second-order valence-corrected chi connectivity index (χ2v) is 9.61. The molecule has 1 fully saturated rings. The number of benzene rings is 1. The Hall–Kier alpha value is -2.89. The van der Waals surface area contributed by atoms with E-state index >= 15 is 0 Å². The largest absolute Gasteiger partial charge is 0.481 e. The van der Waals surface area contributed by atoms with E-state index in [4.69, 9.17) is 21.4 Å². The van der Waals surface area contributed by atoms with Crippen molar-refractivity contribution < 1.29 is 28.2 Å². The Morgan fingerprint density at radius 2 is 2.17 bits per heavy atom. The number of carbonyl (C=O) groups excluding carboxylic acids is 1. The number of carbonyl (C=O) groups is 2. The highest BCUT2D eigenvalue weighted by atomic mass is 35.5. The maximum Gasteiger partial charge on any atom is 0.338 e. The average Bonchev–Trinajstić information content (AvgIpc) is 3.31. The molecule has 1 aromatic heterocycles. The van der Waals surface area contributed by atoms with Crippen molar-refractivity contribution in [2.24, 2.45) is 4.99 Å². The van der Waals surface area contributed by atoms with E-state index in [9.17, 15) is 18.4 Å². The Kier molecular flexibility index (Phi) is 7.48. The molecule has 8 nitrogen and oxygen atoms in total. The zero-order valence-corrected chi connectivity index (χ0v) is 20.3. The maximum atomic E-state index is 14.9. The number of rotatable bonds is 9. The fourth-order valence-electron chi connectivity index (χ4n) is 4.15. The number of amidine groups is 1. The summed E-state index contributed by atoms with van der Waals surface area (Å²) in [6.07, 6.45) is 1.27. The van der Waals surface area contributed by atoms with Crippen LogP contribution in [-0.2, 0) is 14.3 Å². The van der Waals surface area contributed by atoms with Gasteiger partial charge < -0.3 is 15.2 Å². The number of carboxylic acid groups (broad SMARTS) is 1. The highest BCUT2D eigenvalue weighted by Gasteiger charge is 2.44. The number of halogens is 3. The Morgan fingerprint density at radius 1 is 1.40 bits per heavy atom. The number of aliphatic imine (C=N–C) groups is 1. The first-order chi connectivity index (χ1) is 16.7. The molecule has 0 saturated carbocycles. The molecular formula is C23H23ClF2N4O4S. The van der Waals surface area contributed by atoms with E-state index in [0.717, 1.165) is 6.07 Å². The number of alkyl halides is 1. The highest BCUT2D eigenvalue weighted by Crippen LogP contribution is 2.38. The number of hydrogen-bond donors (Lipinski definition) is 2. The number of nitrogens with zero attached hydrogens (tertiary/aromatic N) is 3. The van der Waals surface area contributed by atoms with E-state index in [-0.39, 0.29) is 49.7 Å². The van der Waals surface area contributed by atoms with E-state index in [1.54, 1.807) is 23.4 Å². The summed E-state index contributed by atoms with van der Waals surface area (Å²) in [4.78, 5) is 34.6. The van der Waals surface area contributed by atoms with Crippen LogP contribution in [0.4, 0.5) is 8.78 Å². The van der Waals surface area contributed by atoms with Gasteiger partial charge in [0.1, 0.15) is 17.5 Å². The molecular weight excluding hydrogens is 502 g/mol. The van der Waals surface area contributed by atoms with Crippen LogP contribution in [0.1, 0.15) is 36.4 Å². The van der Waals surface area contributed by atoms with Crippen molar-refractivity contribution >= 4 is 40.7 Å². The molecule has 4 rings (SSSR count). The van der Waals surface area contributed by atoms with Crippen LogP contribution >= 0.6 is 22.9 Å². The molecule has 0 radical (unpaired) electrons. The number of hydrogen-bond acceptors (Lipinski definition) is 8. The summed E-state index contributed by atoms with van der Waals surface area (Å²) >= 11 is 7.68. The Balaban J connectivity index is 1.70. The van der Waals surface area contributed by atoms with Gasteiger partial charge in [-0.25, -0.2) is 18.6 Å². The highest BCUT2D eigenvalue weighted by molar-refractivity contribution is 7.11. The van der Waals surface area contributed by atoms with Crippen LogP contribution in [-0.4, -0.2) is 64.7 Å². The first-order valence-electron chi connectivity index (χ1n) is 10.9. The minimum Gasteiger partial charge on any atom is -0.481 e. The van der Waals surface area contributed by atoms with Gasteiger partial charge in [0, 0.05) is 53.9 Å². The molecule has 0 spiro atoms. The lowest BCUT2D eigenvalue weighted by Crippen LogP contribution is -2.60. The summed E-state index contributed by atoms with van der Waals surface area (Å²) in [5.41, 5.74) is -0.574. The third-order valence-corrected chi connectivity index (χ3v) is 6.80.